The molecule has 144 valence electrons. The van der Waals surface area contributed by atoms with Crippen molar-refractivity contribution in [1.82, 2.24) is 0 Å². The smallest absolute Gasteiger partial charge is 0.341 e. The Labute approximate surface area is 163 Å². The lowest BCUT2D eigenvalue weighted by atomic mass is 9.95. The van der Waals surface area contributed by atoms with Crippen LogP contribution < -0.4 is 10.1 Å². The molecule has 1 aromatic carbocycles. The highest BCUT2D eigenvalue weighted by atomic mass is 32.1. The molecule has 0 radical (unpaired) electrons. The van der Waals surface area contributed by atoms with Crippen LogP contribution in [0.2, 0.25) is 0 Å². The molecule has 0 saturated heterocycles. The van der Waals surface area contributed by atoms with E-state index in [1.807, 2.05) is 31.2 Å². The first kappa shape index (κ1) is 19.4. The first-order valence-electron chi connectivity index (χ1n) is 9.45. The van der Waals surface area contributed by atoms with Crippen LogP contribution in [0.15, 0.2) is 24.3 Å². The summed E-state index contributed by atoms with van der Waals surface area (Å²) in [7, 11) is 0. The number of carbonyl (C=O) groups excluding carboxylic acids is 2. The van der Waals surface area contributed by atoms with Gasteiger partial charge in [-0.25, -0.2) is 4.79 Å². The fraction of sp³-hybridized carbons (Fsp3) is 0.429. The number of benzene rings is 1. The lowest BCUT2D eigenvalue weighted by molar-refractivity contribution is -0.115. The van der Waals surface area contributed by atoms with Crippen molar-refractivity contribution in [3.05, 3.63) is 45.8 Å². The number of amides is 1. The topological polar surface area (TPSA) is 64.6 Å². The molecule has 1 N–H and O–H groups in total. The number of aryl methyl sites for hydroxylation is 1. The van der Waals surface area contributed by atoms with Gasteiger partial charge in [-0.05, 0) is 62.8 Å². The fourth-order valence-electron chi connectivity index (χ4n) is 3.30. The third-order valence-electron chi connectivity index (χ3n) is 4.50. The Bertz CT molecular complexity index is 810. The van der Waals surface area contributed by atoms with Crippen molar-refractivity contribution in [1.29, 1.82) is 0 Å². The van der Waals surface area contributed by atoms with Crippen molar-refractivity contribution >= 4 is 28.2 Å². The zero-order valence-corrected chi connectivity index (χ0v) is 16.6. The maximum absolute atomic E-state index is 12.6. The third kappa shape index (κ3) is 4.69. The molecule has 1 aliphatic carbocycles. The Balaban J connectivity index is 1.75. The number of anilines is 1. The van der Waals surface area contributed by atoms with Crippen molar-refractivity contribution in [3.63, 3.8) is 0 Å². The van der Waals surface area contributed by atoms with Crippen molar-refractivity contribution in [3.8, 4) is 5.75 Å². The van der Waals surface area contributed by atoms with Gasteiger partial charge in [0.15, 0.2) is 0 Å². The summed E-state index contributed by atoms with van der Waals surface area (Å²) < 4.78 is 10.7. The quantitative estimate of drug-likeness (QED) is 0.716. The van der Waals surface area contributed by atoms with Crippen LogP contribution in [0.5, 0.6) is 5.75 Å². The Morgan fingerprint density at radius 1 is 1.07 bits per heavy atom. The van der Waals surface area contributed by atoms with Gasteiger partial charge in [0.05, 0.1) is 25.2 Å². The molecule has 1 aliphatic rings. The van der Waals surface area contributed by atoms with E-state index in [0.717, 1.165) is 42.6 Å². The van der Waals surface area contributed by atoms with Crippen molar-refractivity contribution in [2.24, 2.45) is 0 Å². The highest BCUT2D eigenvalue weighted by molar-refractivity contribution is 7.17. The van der Waals surface area contributed by atoms with E-state index in [1.165, 1.54) is 16.2 Å². The number of nitrogens with one attached hydrogen (secondary N) is 1. The van der Waals surface area contributed by atoms with Crippen LogP contribution in [0, 0.1) is 0 Å². The van der Waals surface area contributed by atoms with Crippen LogP contribution in [0.1, 0.15) is 53.1 Å². The molecule has 5 nitrogen and oxygen atoms in total. The van der Waals surface area contributed by atoms with E-state index in [1.54, 1.807) is 6.92 Å². The minimum absolute atomic E-state index is 0.136. The van der Waals surface area contributed by atoms with Crippen molar-refractivity contribution in [2.75, 3.05) is 18.5 Å². The molecule has 3 rings (SSSR count). The van der Waals surface area contributed by atoms with Gasteiger partial charge in [-0.2, -0.15) is 0 Å². The van der Waals surface area contributed by atoms with Crippen molar-refractivity contribution in [2.45, 2.75) is 46.0 Å². The molecule has 2 aromatic rings. The molecule has 0 spiro atoms. The van der Waals surface area contributed by atoms with Crippen LogP contribution >= 0.6 is 11.3 Å². The summed E-state index contributed by atoms with van der Waals surface area (Å²) >= 11 is 1.51. The third-order valence-corrected chi connectivity index (χ3v) is 5.71. The van der Waals surface area contributed by atoms with Crippen molar-refractivity contribution < 1.29 is 19.1 Å². The highest BCUT2D eigenvalue weighted by Gasteiger charge is 2.27. The molecule has 0 unspecified atom stereocenters. The predicted octanol–water partition coefficient (Wildman–Crippen LogP) is 4.38. The Morgan fingerprint density at radius 2 is 1.81 bits per heavy atom. The summed E-state index contributed by atoms with van der Waals surface area (Å²) in [5.41, 5.74) is 2.51. The van der Waals surface area contributed by atoms with Crippen LogP contribution in [0.4, 0.5) is 5.00 Å². The van der Waals surface area contributed by atoms with Gasteiger partial charge in [0, 0.05) is 4.88 Å². The van der Waals surface area contributed by atoms with Gasteiger partial charge in [0.25, 0.3) is 0 Å². The molecule has 1 aromatic heterocycles. The molecule has 6 heteroatoms. The average Bonchev–Trinajstić information content (AvgIpc) is 3.01. The maximum Gasteiger partial charge on any atom is 0.341 e. The highest BCUT2D eigenvalue weighted by Crippen LogP contribution is 2.38. The monoisotopic (exact) mass is 387 g/mol. The second-order valence-corrected chi connectivity index (χ2v) is 7.54. The summed E-state index contributed by atoms with van der Waals surface area (Å²) in [5, 5.41) is 3.56. The molecule has 1 heterocycles. The molecular weight excluding hydrogens is 362 g/mol. The predicted molar refractivity (Wildman–Crippen MR) is 107 cm³/mol. The first-order chi connectivity index (χ1) is 13.1. The summed E-state index contributed by atoms with van der Waals surface area (Å²) in [4.78, 5) is 26.2. The molecule has 0 saturated carbocycles. The zero-order chi connectivity index (χ0) is 19.2. The minimum atomic E-state index is -0.340. The number of rotatable bonds is 7. The number of esters is 1. The average molecular weight is 388 g/mol. The number of thiophene rings is 1. The number of fused-ring (bicyclic) bond motifs is 1. The number of hydrogen-bond donors (Lipinski definition) is 1. The van der Waals surface area contributed by atoms with Gasteiger partial charge < -0.3 is 14.8 Å². The molecule has 0 fully saturated rings. The molecular formula is C21H25NO4S. The number of carbonyl (C=O) groups is 2. The van der Waals surface area contributed by atoms with E-state index >= 15 is 0 Å². The van der Waals surface area contributed by atoms with Crippen LogP contribution in [0.25, 0.3) is 0 Å². The lowest BCUT2D eigenvalue weighted by Gasteiger charge is -2.12. The van der Waals surface area contributed by atoms with Gasteiger partial charge in [0.1, 0.15) is 10.8 Å². The van der Waals surface area contributed by atoms with Gasteiger partial charge >= 0.3 is 5.97 Å². The minimum Gasteiger partial charge on any atom is -0.494 e. The molecule has 27 heavy (non-hydrogen) atoms. The van der Waals surface area contributed by atoms with Gasteiger partial charge in [0.2, 0.25) is 5.91 Å². The van der Waals surface area contributed by atoms with E-state index in [-0.39, 0.29) is 18.3 Å². The number of hydrogen-bond acceptors (Lipinski definition) is 5. The molecule has 0 aliphatic heterocycles. The lowest BCUT2D eigenvalue weighted by Crippen LogP contribution is -2.17. The summed E-state index contributed by atoms with van der Waals surface area (Å²) in [5.74, 6) is 0.314. The first-order valence-corrected chi connectivity index (χ1v) is 10.3. The van der Waals surface area contributed by atoms with Gasteiger partial charge in [-0.1, -0.05) is 12.1 Å². The van der Waals surface area contributed by atoms with Crippen LogP contribution in [0.3, 0.4) is 0 Å². The Morgan fingerprint density at radius 3 is 2.52 bits per heavy atom. The van der Waals surface area contributed by atoms with E-state index in [4.69, 9.17) is 9.47 Å². The van der Waals surface area contributed by atoms with E-state index < -0.39 is 0 Å². The van der Waals surface area contributed by atoms with Crippen LogP contribution in [-0.4, -0.2) is 25.1 Å². The second kappa shape index (κ2) is 9.04. The van der Waals surface area contributed by atoms with E-state index in [9.17, 15) is 9.59 Å². The Kier molecular flexibility index (Phi) is 6.50. The summed E-state index contributed by atoms with van der Waals surface area (Å²) in [6.45, 7) is 4.66. The second-order valence-electron chi connectivity index (χ2n) is 6.44. The molecule has 0 atom stereocenters. The Hall–Kier alpha value is -2.34. The number of ether oxygens (including phenoxy) is 2. The van der Waals surface area contributed by atoms with Crippen LogP contribution in [-0.2, 0) is 28.8 Å². The van der Waals surface area contributed by atoms with Gasteiger partial charge in [-0.3, -0.25) is 4.79 Å². The maximum atomic E-state index is 12.6. The SMILES string of the molecule is CCOC(=O)c1c(NC(=O)Cc2ccc(OCC)cc2)sc2c1CCCC2. The standard InChI is InChI=1S/C21H25NO4S/c1-3-25-15-11-9-14(10-12-15)13-18(23)22-20-19(21(24)26-4-2)16-7-5-6-8-17(16)27-20/h9-12H,3-8,13H2,1-2H3,(H,22,23). The van der Waals surface area contributed by atoms with Gasteiger partial charge in [-0.15, -0.1) is 11.3 Å². The summed E-state index contributed by atoms with van der Waals surface area (Å²) in [6, 6.07) is 7.49. The molecule has 0 bridgehead atoms. The zero-order valence-electron chi connectivity index (χ0n) is 15.8. The van der Waals surface area contributed by atoms with E-state index in [0.29, 0.717) is 23.8 Å². The fourth-order valence-corrected chi connectivity index (χ4v) is 4.59. The summed E-state index contributed by atoms with van der Waals surface area (Å²) in [6.07, 6.45) is 4.26. The largest absolute Gasteiger partial charge is 0.494 e. The molecule has 1 amide bonds. The normalized spacial score (nSPS) is 13.0. The van der Waals surface area contributed by atoms with E-state index in [2.05, 4.69) is 5.32 Å².